The van der Waals surface area contributed by atoms with E-state index < -0.39 is 0 Å². The van der Waals surface area contributed by atoms with Crippen molar-refractivity contribution < 1.29 is 0 Å². The van der Waals surface area contributed by atoms with Gasteiger partial charge in [-0.15, -0.1) is 0 Å². The Morgan fingerprint density at radius 2 is 2.50 bits per heavy atom. The SMILES string of the molecule is N#CC1CCc2cncnc2C1. The highest BCUT2D eigenvalue weighted by Crippen LogP contribution is 2.21. The smallest absolute Gasteiger partial charge is 0.115 e. The molecule has 0 N–H and O–H groups in total. The zero-order chi connectivity index (χ0) is 8.39. The summed E-state index contributed by atoms with van der Waals surface area (Å²) in [6.45, 7) is 0. The van der Waals surface area contributed by atoms with E-state index >= 15 is 0 Å². The van der Waals surface area contributed by atoms with Gasteiger partial charge in [-0.2, -0.15) is 5.26 Å². The van der Waals surface area contributed by atoms with E-state index in [0.717, 1.165) is 25.0 Å². The molecule has 60 valence electrons. The predicted octanol–water partition coefficient (Wildman–Crippen LogP) is 1.11. The standard InChI is InChI=1S/C9H9N3/c10-4-7-1-2-8-5-11-6-12-9(8)3-7/h5-7H,1-3H2. The Bertz CT molecular complexity index is 327. The van der Waals surface area contributed by atoms with Crippen molar-refractivity contribution in [3.63, 3.8) is 0 Å². The normalized spacial score (nSPS) is 21.1. The lowest BCUT2D eigenvalue weighted by Gasteiger charge is -2.17. The first kappa shape index (κ1) is 7.23. The summed E-state index contributed by atoms with van der Waals surface area (Å²) >= 11 is 0. The maximum absolute atomic E-state index is 8.72. The van der Waals surface area contributed by atoms with Crippen LogP contribution in [0.3, 0.4) is 0 Å². The molecular weight excluding hydrogens is 150 g/mol. The van der Waals surface area contributed by atoms with Crippen molar-refractivity contribution >= 4 is 0 Å². The van der Waals surface area contributed by atoms with Gasteiger partial charge in [0.1, 0.15) is 6.33 Å². The van der Waals surface area contributed by atoms with Crippen LogP contribution in [-0.2, 0) is 12.8 Å². The van der Waals surface area contributed by atoms with E-state index in [1.807, 2.05) is 6.20 Å². The average Bonchev–Trinajstić information content (AvgIpc) is 2.17. The van der Waals surface area contributed by atoms with Crippen molar-refractivity contribution in [3.05, 3.63) is 23.8 Å². The highest BCUT2D eigenvalue weighted by Gasteiger charge is 2.18. The van der Waals surface area contributed by atoms with Gasteiger partial charge < -0.3 is 0 Å². The fourth-order valence-electron chi connectivity index (χ4n) is 1.55. The third-order valence-electron chi connectivity index (χ3n) is 2.27. The topological polar surface area (TPSA) is 49.6 Å². The van der Waals surface area contributed by atoms with Crippen LogP contribution in [0.5, 0.6) is 0 Å². The summed E-state index contributed by atoms with van der Waals surface area (Å²) in [5, 5.41) is 8.72. The molecule has 0 saturated heterocycles. The Labute approximate surface area is 71.1 Å². The Kier molecular flexibility index (Phi) is 1.75. The second-order valence-electron chi connectivity index (χ2n) is 3.06. The third-order valence-corrected chi connectivity index (χ3v) is 2.27. The zero-order valence-corrected chi connectivity index (χ0v) is 6.70. The molecule has 0 aromatic carbocycles. The van der Waals surface area contributed by atoms with Gasteiger partial charge in [-0.05, 0) is 18.4 Å². The molecule has 0 amide bonds. The first-order valence-electron chi connectivity index (χ1n) is 4.07. The molecule has 0 radical (unpaired) electrons. The lowest BCUT2D eigenvalue weighted by atomic mass is 9.89. The fourth-order valence-corrected chi connectivity index (χ4v) is 1.55. The van der Waals surface area contributed by atoms with Gasteiger partial charge in [0, 0.05) is 18.3 Å². The summed E-state index contributed by atoms with van der Waals surface area (Å²) in [7, 11) is 0. The molecule has 1 heterocycles. The van der Waals surface area contributed by atoms with E-state index in [1.165, 1.54) is 5.56 Å². The van der Waals surface area contributed by atoms with Crippen molar-refractivity contribution in [2.45, 2.75) is 19.3 Å². The maximum Gasteiger partial charge on any atom is 0.115 e. The van der Waals surface area contributed by atoms with Crippen molar-refractivity contribution in [2.24, 2.45) is 5.92 Å². The molecule has 1 atom stereocenters. The highest BCUT2D eigenvalue weighted by molar-refractivity contribution is 5.21. The molecule has 1 aromatic rings. The van der Waals surface area contributed by atoms with Gasteiger partial charge in [0.05, 0.1) is 12.0 Å². The molecule has 3 nitrogen and oxygen atoms in total. The van der Waals surface area contributed by atoms with Crippen LogP contribution in [0.4, 0.5) is 0 Å². The van der Waals surface area contributed by atoms with Gasteiger partial charge in [-0.1, -0.05) is 0 Å². The molecule has 2 rings (SSSR count). The minimum Gasteiger partial charge on any atom is -0.245 e. The molecule has 0 saturated carbocycles. The van der Waals surface area contributed by atoms with Gasteiger partial charge in [0.25, 0.3) is 0 Å². The van der Waals surface area contributed by atoms with Crippen molar-refractivity contribution in [2.75, 3.05) is 0 Å². The Balaban J connectivity index is 2.30. The third kappa shape index (κ3) is 1.16. The first-order chi connectivity index (χ1) is 5.90. The number of fused-ring (bicyclic) bond motifs is 1. The van der Waals surface area contributed by atoms with Crippen LogP contribution in [0.1, 0.15) is 17.7 Å². The zero-order valence-electron chi connectivity index (χ0n) is 6.70. The van der Waals surface area contributed by atoms with Crippen LogP contribution < -0.4 is 0 Å². The van der Waals surface area contributed by atoms with E-state index in [-0.39, 0.29) is 5.92 Å². The highest BCUT2D eigenvalue weighted by atomic mass is 14.8. The molecule has 0 fully saturated rings. The lowest BCUT2D eigenvalue weighted by molar-refractivity contribution is 0.550. The van der Waals surface area contributed by atoms with Crippen LogP contribution in [0, 0.1) is 17.2 Å². The molecule has 12 heavy (non-hydrogen) atoms. The molecule has 1 aromatic heterocycles. The van der Waals surface area contributed by atoms with Crippen LogP contribution >= 0.6 is 0 Å². The molecular formula is C9H9N3. The summed E-state index contributed by atoms with van der Waals surface area (Å²) in [4.78, 5) is 8.11. The Morgan fingerprint density at radius 1 is 1.58 bits per heavy atom. The van der Waals surface area contributed by atoms with Gasteiger partial charge >= 0.3 is 0 Å². The summed E-state index contributed by atoms with van der Waals surface area (Å²) in [5.74, 6) is 0.160. The summed E-state index contributed by atoms with van der Waals surface area (Å²) in [5.41, 5.74) is 2.27. The van der Waals surface area contributed by atoms with Crippen molar-refractivity contribution in [1.82, 2.24) is 9.97 Å². The second kappa shape index (κ2) is 2.90. The number of aryl methyl sites for hydroxylation is 1. The van der Waals surface area contributed by atoms with Gasteiger partial charge in [0.2, 0.25) is 0 Å². The fraction of sp³-hybridized carbons (Fsp3) is 0.444. The van der Waals surface area contributed by atoms with E-state index in [1.54, 1.807) is 6.33 Å². The van der Waals surface area contributed by atoms with Crippen LogP contribution in [0.2, 0.25) is 0 Å². The minimum absolute atomic E-state index is 0.160. The number of aromatic nitrogens is 2. The van der Waals surface area contributed by atoms with E-state index in [4.69, 9.17) is 5.26 Å². The van der Waals surface area contributed by atoms with Gasteiger partial charge in [0.15, 0.2) is 0 Å². The number of rotatable bonds is 0. The molecule has 3 heteroatoms. The maximum atomic E-state index is 8.72. The van der Waals surface area contributed by atoms with Crippen molar-refractivity contribution in [1.29, 1.82) is 5.26 Å². The molecule has 0 aliphatic heterocycles. The number of nitriles is 1. The second-order valence-corrected chi connectivity index (χ2v) is 3.06. The van der Waals surface area contributed by atoms with E-state index in [0.29, 0.717) is 0 Å². The van der Waals surface area contributed by atoms with E-state index in [2.05, 4.69) is 16.0 Å². The summed E-state index contributed by atoms with van der Waals surface area (Å²) in [6, 6.07) is 2.28. The summed E-state index contributed by atoms with van der Waals surface area (Å²) < 4.78 is 0. The largest absolute Gasteiger partial charge is 0.245 e. The predicted molar refractivity (Wildman–Crippen MR) is 43.2 cm³/mol. The average molecular weight is 159 g/mol. The monoisotopic (exact) mass is 159 g/mol. The van der Waals surface area contributed by atoms with Crippen LogP contribution in [0.15, 0.2) is 12.5 Å². The number of nitrogens with zero attached hydrogens (tertiary/aromatic N) is 3. The minimum atomic E-state index is 0.160. The van der Waals surface area contributed by atoms with Crippen LogP contribution in [0.25, 0.3) is 0 Å². The molecule has 0 spiro atoms. The molecule has 1 unspecified atom stereocenters. The number of hydrogen-bond acceptors (Lipinski definition) is 3. The summed E-state index contributed by atoms with van der Waals surface area (Å²) in [6.07, 6.45) is 6.12. The van der Waals surface area contributed by atoms with Gasteiger partial charge in [-0.25, -0.2) is 9.97 Å². The molecule has 1 aliphatic carbocycles. The number of hydrogen-bond donors (Lipinski definition) is 0. The van der Waals surface area contributed by atoms with Crippen LogP contribution in [-0.4, -0.2) is 9.97 Å². The van der Waals surface area contributed by atoms with E-state index in [9.17, 15) is 0 Å². The Hall–Kier alpha value is -1.43. The molecule has 1 aliphatic rings. The Morgan fingerprint density at radius 3 is 3.33 bits per heavy atom. The quantitative estimate of drug-likeness (QED) is 0.569. The first-order valence-corrected chi connectivity index (χ1v) is 4.07. The van der Waals surface area contributed by atoms with Gasteiger partial charge in [-0.3, -0.25) is 0 Å². The lowest BCUT2D eigenvalue weighted by Crippen LogP contribution is -2.14. The molecule has 0 bridgehead atoms. The van der Waals surface area contributed by atoms with Crippen molar-refractivity contribution in [3.8, 4) is 6.07 Å².